The van der Waals surface area contributed by atoms with Gasteiger partial charge in [0.05, 0.1) is 18.2 Å². The Morgan fingerprint density at radius 1 is 1.41 bits per heavy atom. The minimum absolute atomic E-state index is 0.202. The molecular weight excluding hydrogens is 228 g/mol. The highest BCUT2D eigenvalue weighted by molar-refractivity contribution is 5.94. The Hall–Kier alpha value is -1.49. The van der Waals surface area contributed by atoms with Crippen molar-refractivity contribution in [2.75, 3.05) is 6.61 Å². The van der Waals surface area contributed by atoms with Crippen molar-refractivity contribution in [3.63, 3.8) is 0 Å². The second-order valence-corrected chi connectivity index (χ2v) is 3.84. The van der Waals surface area contributed by atoms with E-state index in [1.807, 2.05) is 0 Å². The summed E-state index contributed by atoms with van der Waals surface area (Å²) >= 11 is 0. The summed E-state index contributed by atoms with van der Waals surface area (Å²) in [4.78, 5) is 11.7. The number of hydrogen-bond acceptors (Lipinski definition) is 2. The fourth-order valence-corrected chi connectivity index (χ4v) is 1.37. The number of carbonyl (C=O) groups excluding carboxylic acids is 1. The molecule has 0 saturated heterocycles. The van der Waals surface area contributed by atoms with Crippen molar-refractivity contribution < 1.29 is 18.7 Å². The topological polar surface area (TPSA) is 49.3 Å². The minimum atomic E-state index is -0.904. The number of hydrogen-bond donors (Lipinski definition) is 2. The van der Waals surface area contributed by atoms with E-state index in [1.165, 1.54) is 6.92 Å². The fourth-order valence-electron chi connectivity index (χ4n) is 1.37. The maximum Gasteiger partial charge on any atom is 0.254 e. The summed E-state index contributed by atoms with van der Waals surface area (Å²) in [5, 5.41) is 11.4. The summed E-state index contributed by atoms with van der Waals surface area (Å²) in [5.74, 6) is -2.24. The third kappa shape index (κ3) is 3.23. The third-order valence-corrected chi connectivity index (χ3v) is 2.54. The zero-order valence-corrected chi connectivity index (χ0v) is 9.76. The normalized spacial score (nSPS) is 12.3. The molecule has 0 aliphatic carbocycles. The molecule has 1 aromatic rings. The van der Waals surface area contributed by atoms with E-state index < -0.39 is 23.6 Å². The van der Waals surface area contributed by atoms with Crippen molar-refractivity contribution in [3.8, 4) is 0 Å². The monoisotopic (exact) mass is 243 g/mol. The maximum atomic E-state index is 13.4. The van der Waals surface area contributed by atoms with E-state index >= 15 is 0 Å². The first-order valence-corrected chi connectivity index (χ1v) is 5.37. The van der Waals surface area contributed by atoms with E-state index in [-0.39, 0.29) is 17.7 Å². The number of benzene rings is 1. The Labute approximate surface area is 98.5 Å². The highest BCUT2D eigenvalue weighted by Crippen LogP contribution is 2.14. The molecule has 0 radical (unpaired) electrons. The lowest BCUT2D eigenvalue weighted by atomic mass is 10.1. The van der Waals surface area contributed by atoms with Crippen LogP contribution in [0.5, 0.6) is 0 Å². The highest BCUT2D eigenvalue weighted by atomic mass is 19.1. The van der Waals surface area contributed by atoms with Gasteiger partial charge in [-0.15, -0.1) is 0 Å². The summed E-state index contributed by atoms with van der Waals surface area (Å²) in [6.07, 6.45) is 0.532. The molecule has 0 aliphatic rings. The standard InChI is InChI=1S/C12H15F2NO2/c1-3-8(6-16)15-12(17)9-4-7(2)10(13)5-11(9)14/h4-5,8,16H,3,6H2,1-2H3,(H,15,17). The Morgan fingerprint density at radius 2 is 2.06 bits per heavy atom. The molecule has 2 N–H and O–H groups in total. The summed E-state index contributed by atoms with van der Waals surface area (Å²) in [7, 11) is 0. The first-order chi connectivity index (χ1) is 7.99. The second kappa shape index (κ2) is 5.72. The van der Waals surface area contributed by atoms with Gasteiger partial charge in [-0.3, -0.25) is 4.79 Å². The van der Waals surface area contributed by atoms with Crippen molar-refractivity contribution in [3.05, 3.63) is 34.9 Å². The molecular formula is C12H15F2NO2. The molecule has 0 saturated carbocycles. The van der Waals surface area contributed by atoms with Gasteiger partial charge in [0.2, 0.25) is 0 Å². The predicted octanol–water partition coefficient (Wildman–Crippen LogP) is 1.77. The van der Waals surface area contributed by atoms with Gasteiger partial charge in [-0.2, -0.15) is 0 Å². The van der Waals surface area contributed by atoms with Crippen molar-refractivity contribution in [1.29, 1.82) is 0 Å². The number of aryl methyl sites for hydroxylation is 1. The number of amides is 1. The molecule has 1 rings (SSSR count). The molecule has 17 heavy (non-hydrogen) atoms. The van der Waals surface area contributed by atoms with Crippen LogP contribution >= 0.6 is 0 Å². The molecule has 3 nitrogen and oxygen atoms in total. The maximum absolute atomic E-state index is 13.4. The molecule has 1 atom stereocenters. The van der Waals surface area contributed by atoms with Crippen LogP contribution in [0.2, 0.25) is 0 Å². The largest absolute Gasteiger partial charge is 0.394 e. The number of aliphatic hydroxyl groups excluding tert-OH is 1. The molecule has 0 fully saturated rings. The lowest BCUT2D eigenvalue weighted by Gasteiger charge is -2.14. The number of aliphatic hydroxyl groups is 1. The van der Waals surface area contributed by atoms with Gasteiger partial charge in [-0.1, -0.05) is 6.92 Å². The number of carbonyl (C=O) groups is 1. The van der Waals surface area contributed by atoms with Crippen molar-refractivity contribution in [2.45, 2.75) is 26.3 Å². The van der Waals surface area contributed by atoms with Gasteiger partial charge in [0, 0.05) is 6.07 Å². The minimum Gasteiger partial charge on any atom is -0.394 e. The third-order valence-electron chi connectivity index (χ3n) is 2.54. The molecule has 94 valence electrons. The Bertz CT molecular complexity index is 417. The van der Waals surface area contributed by atoms with Crippen LogP contribution in [-0.4, -0.2) is 23.7 Å². The quantitative estimate of drug-likeness (QED) is 0.846. The molecule has 5 heteroatoms. The van der Waals surface area contributed by atoms with E-state index in [0.29, 0.717) is 12.5 Å². The average molecular weight is 243 g/mol. The first kappa shape index (κ1) is 13.6. The molecule has 0 bridgehead atoms. The SMILES string of the molecule is CCC(CO)NC(=O)c1cc(C)c(F)cc1F. The Balaban J connectivity index is 2.93. The second-order valence-electron chi connectivity index (χ2n) is 3.84. The van der Waals surface area contributed by atoms with E-state index in [0.717, 1.165) is 6.07 Å². The Kier molecular flexibility index (Phi) is 4.57. The zero-order chi connectivity index (χ0) is 13.0. The van der Waals surface area contributed by atoms with Crippen LogP contribution in [0, 0.1) is 18.6 Å². The van der Waals surface area contributed by atoms with Crippen LogP contribution in [0.3, 0.4) is 0 Å². The van der Waals surface area contributed by atoms with Crippen LogP contribution in [0.4, 0.5) is 8.78 Å². The molecule has 1 aromatic carbocycles. The summed E-state index contributed by atoms with van der Waals surface area (Å²) in [5.41, 5.74) is -0.00982. The van der Waals surface area contributed by atoms with E-state index in [1.54, 1.807) is 6.92 Å². The van der Waals surface area contributed by atoms with Crippen molar-refractivity contribution >= 4 is 5.91 Å². The highest BCUT2D eigenvalue weighted by Gasteiger charge is 2.16. The summed E-state index contributed by atoms with van der Waals surface area (Å²) < 4.78 is 26.4. The number of rotatable bonds is 4. The summed E-state index contributed by atoms with van der Waals surface area (Å²) in [6, 6.07) is 1.42. The lowest BCUT2D eigenvalue weighted by molar-refractivity contribution is 0.0910. The van der Waals surface area contributed by atoms with Gasteiger partial charge in [0.1, 0.15) is 11.6 Å². The number of nitrogens with one attached hydrogen (secondary N) is 1. The zero-order valence-electron chi connectivity index (χ0n) is 9.76. The molecule has 0 aromatic heterocycles. The van der Waals surface area contributed by atoms with Crippen molar-refractivity contribution in [1.82, 2.24) is 5.32 Å². The van der Waals surface area contributed by atoms with Gasteiger partial charge in [0.15, 0.2) is 0 Å². The molecule has 0 spiro atoms. The van der Waals surface area contributed by atoms with E-state index in [2.05, 4.69) is 5.32 Å². The smallest absolute Gasteiger partial charge is 0.254 e. The fraction of sp³-hybridized carbons (Fsp3) is 0.417. The van der Waals surface area contributed by atoms with Gasteiger partial charge in [-0.05, 0) is 25.0 Å². The predicted molar refractivity (Wildman–Crippen MR) is 59.7 cm³/mol. The van der Waals surface area contributed by atoms with Crippen LogP contribution in [0.1, 0.15) is 29.3 Å². The average Bonchev–Trinajstić information content (AvgIpc) is 2.30. The van der Waals surface area contributed by atoms with Crippen LogP contribution in [0.25, 0.3) is 0 Å². The van der Waals surface area contributed by atoms with Gasteiger partial charge >= 0.3 is 0 Å². The van der Waals surface area contributed by atoms with Gasteiger partial charge < -0.3 is 10.4 Å². The first-order valence-electron chi connectivity index (χ1n) is 5.37. The Morgan fingerprint density at radius 3 is 2.59 bits per heavy atom. The molecule has 0 heterocycles. The van der Waals surface area contributed by atoms with Crippen LogP contribution in [0.15, 0.2) is 12.1 Å². The van der Waals surface area contributed by atoms with Gasteiger partial charge in [-0.25, -0.2) is 8.78 Å². The van der Waals surface area contributed by atoms with Gasteiger partial charge in [0.25, 0.3) is 5.91 Å². The molecule has 1 amide bonds. The van der Waals surface area contributed by atoms with E-state index in [4.69, 9.17) is 5.11 Å². The van der Waals surface area contributed by atoms with Crippen LogP contribution < -0.4 is 5.32 Å². The lowest BCUT2D eigenvalue weighted by Crippen LogP contribution is -2.37. The van der Waals surface area contributed by atoms with Crippen molar-refractivity contribution in [2.24, 2.45) is 0 Å². The molecule has 1 unspecified atom stereocenters. The van der Waals surface area contributed by atoms with Crippen LogP contribution in [-0.2, 0) is 0 Å². The van der Waals surface area contributed by atoms with E-state index in [9.17, 15) is 13.6 Å². The summed E-state index contributed by atoms with van der Waals surface area (Å²) in [6.45, 7) is 3.02. The number of halogens is 2. The molecule has 0 aliphatic heterocycles.